The van der Waals surface area contributed by atoms with E-state index in [2.05, 4.69) is 19.9 Å². The third-order valence-corrected chi connectivity index (χ3v) is 10.2. The first-order valence-electron chi connectivity index (χ1n) is 17.4. The van der Waals surface area contributed by atoms with E-state index in [-0.39, 0.29) is 50.1 Å². The SMILES string of the molecule is COc1ccc2c(OC)ccc(-c3c4ccc([nH]4)c(-c4c(F)c(F)c(F)c(F)c4F)c4nc(c5ccc([nH]5)c(-c5c(F)c(F)c(F)c(F)c5F)c5ccc3[nH]5)C=C4)c2c1. The van der Waals surface area contributed by atoms with Crippen molar-refractivity contribution in [3.63, 3.8) is 0 Å². The molecule has 0 aliphatic carbocycles. The first kappa shape index (κ1) is 37.4. The molecular formula is C43H22F10N4O2. The van der Waals surface area contributed by atoms with E-state index in [9.17, 15) is 26.3 Å². The molecule has 0 radical (unpaired) electrons. The molecule has 0 fully saturated rings. The number of ether oxygens (including phenoxy) is 2. The Morgan fingerprint density at radius 1 is 0.390 bits per heavy atom. The van der Waals surface area contributed by atoms with E-state index < -0.39 is 80.4 Å². The van der Waals surface area contributed by atoms with E-state index >= 15 is 17.6 Å². The minimum absolute atomic E-state index is 0.00381. The number of halogens is 10. The molecule has 0 saturated carbocycles. The number of nitrogens with zero attached hydrogens (tertiary/aromatic N) is 1. The van der Waals surface area contributed by atoms with Crippen LogP contribution in [0.5, 0.6) is 11.5 Å². The number of H-pyrrole nitrogens is 3. The number of aromatic nitrogens is 4. The van der Waals surface area contributed by atoms with Crippen molar-refractivity contribution in [1.29, 1.82) is 0 Å². The van der Waals surface area contributed by atoms with Crippen molar-refractivity contribution in [1.82, 2.24) is 19.9 Å². The van der Waals surface area contributed by atoms with Crippen LogP contribution in [0.25, 0.3) is 89.4 Å². The molecule has 0 spiro atoms. The van der Waals surface area contributed by atoms with Crippen LogP contribution in [0.15, 0.2) is 66.7 Å². The lowest BCUT2D eigenvalue weighted by Gasteiger charge is -2.13. The van der Waals surface area contributed by atoms with Gasteiger partial charge in [-0.25, -0.2) is 48.9 Å². The molecule has 4 aromatic carbocycles. The second kappa shape index (κ2) is 13.7. The monoisotopic (exact) mass is 816 g/mol. The molecule has 6 nitrogen and oxygen atoms in total. The lowest BCUT2D eigenvalue weighted by atomic mass is 9.97. The highest BCUT2D eigenvalue weighted by atomic mass is 19.2. The maximum Gasteiger partial charge on any atom is 0.200 e. The molecule has 8 bridgehead atoms. The van der Waals surface area contributed by atoms with Crippen molar-refractivity contribution in [3.8, 4) is 44.9 Å². The van der Waals surface area contributed by atoms with Crippen LogP contribution in [-0.4, -0.2) is 34.2 Å². The Morgan fingerprint density at radius 3 is 1.36 bits per heavy atom. The molecule has 59 heavy (non-hydrogen) atoms. The number of hydrogen-bond acceptors (Lipinski definition) is 3. The highest BCUT2D eigenvalue weighted by Crippen LogP contribution is 2.43. The number of hydrogen-bond donors (Lipinski definition) is 3. The van der Waals surface area contributed by atoms with Gasteiger partial charge in [-0.2, -0.15) is 0 Å². The van der Waals surface area contributed by atoms with E-state index in [0.717, 1.165) is 0 Å². The summed E-state index contributed by atoms with van der Waals surface area (Å²) in [6.45, 7) is 0. The molecule has 296 valence electrons. The average Bonchev–Trinajstić information content (AvgIpc) is 4.09. The standard InChI is InChI=1S/C43H22F10N4O2/c1-58-16-3-4-17-19(15-16)18(5-14-28(17)59-2)29-22-10-12-26(56-22)30(32-34(44)38(48)42(52)39(49)35(32)45)24-8-6-20(54-24)21-7-9-25(55-21)31(27-13-11-23(29)57-27)33-36(46)40(50)43(53)41(51)37(33)47/h3-15,54,56-57H,1-2H3. The maximum atomic E-state index is 15.7. The Bertz CT molecular complexity index is 3220. The number of benzene rings is 4. The average molecular weight is 817 g/mol. The van der Waals surface area contributed by atoms with Gasteiger partial charge >= 0.3 is 0 Å². The predicted octanol–water partition coefficient (Wildman–Crippen LogP) is 12.3. The summed E-state index contributed by atoms with van der Waals surface area (Å²) in [7, 11) is 2.89. The smallest absolute Gasteiger partial charge is 0.200 e. The maximum absolute atomic E-state index is 15.7. The molecule has 3 N–H and O–H groups in total. The van der Waals surface area contributed by atoms with Gasteiger partial charge in [-0.1, -0.05) is 0 Å². The van der Waals surface area contributed by atoms with Crippen molar-refractivity contribution in [2.45, 2.75) is 0 Å². The largest absolute Gasteiger partial charge is 0.497 e. The van der Waals surface area contributed by atoms with Gasteiger partial charge in [0.05, 0.1) is 42.3 Å². The van der Waals surface area contributed by atoms with Gasteiger partial charge < -0.3 is 24.4 Å². The number of fused-ring (bicyclic) bond motifs is 10. The van der Waals surface area contributed by atoms with Gasteiger partial charge in [0.15, 0.2) is 46.5 Å². The summed E-state index contributed by atoms with van der Waals surface area (Å²) in [6, 6.07) is 16.6. The van der Waals surface area contributed by atoms with Crippen LogP contribution in [-0.2, 0) is 0 Å². The lowest BCUT2D eigenvalue weighted by Crippen LogP contribution is -2.05. The van der Waals surface area contributed by atoms with Crippen molar-refractivity contribution in [3.05, 3.63) is 136 Å². The van der Waals surface area contributed by atoms with Crippen LogP contribution in [0.4, 0.5) is 43.9 Å². The summed E-state index contributed by atoms with van der Waals surface area (Å²) < 4.78 is 162. The van der Waals surface area contributed by atoms with Crippen LogP contribution in [0.2, 0.25) is 0 Å². The summed E-state index contributed by atoms with van der Waals surface area (Å²) >= 11 is 0. The molecule has 16 heteroatoms. The Balaban J connectivity index is 1.53. The van der Waals surface area contributed by atoms with Gasteiger partial charge in [-0.15, -0.1) is 0 Å². The second-order valence-electron chi connectivity index (χ2n) is 13.3. The fourth-order valence-electron chi connectivity index (χ4n) is 7.44. The minimum Gasteiger partial charge on any atom is -0.497 e. The highest BCUT2D eigenvalue weighted by Gasteiger charge is 2.31. The van der Waals surface area contributed by atoms with Gasteiger partial charge in [-0.3, -0.25) is 0 Å². The quantitative estimate of drug-likeness (QED) is 0.0920. The summed E-state index contributed by atoms with van der Waals surface area (Å²) in [5.41, 5.74) is -3.23. The molecular weight excluding hydrogens is 794 g/mol. The highest BCUT2D eigenvalue weighted by molar-refractivity contribution is 6.09. The van der Waals surface area contributed by atoms with Crippen LogP contribution >= 0.6 is 0 Å². The number of aromatic amines is 3. The molecule has 0 saturated heterocycles. The Hall–Kier alpha value is -7.23. The van der Waals surface area contributed by atoms with E-state index in [0.29, 0.717) is 27.8 Å². The topological polar surface area (TPSA) is 78.7 Å². The fourth-order valence-corrected chi connectivity index (χ4v) is 7.44. The van der Waals surface area contributed by atoms with E-state index in [1.165, 1.54) is 62.8 Å². The summed E-state index contributed by atoms with van der Waals surface area (Å²) in [6.07, 6.45) is 2.57. The Labute approximate surface area is 324 Å². The van der Waals surface area contributed by atoms with Crippen LogP contribution in [0.1, 0.15) is 11.4 Å². The van der Waals surface area contributed by atoms with Gasteiger partial charge in [0.1, 0.15) is 11.5 Å². The molecule has 0 atom stereocenters. The van der Waals surface area contributed by atoms with Crippen molar-refractivity contribution in [2.75, 3.05) is 14.2 Å². The van der Waals surface area contributed by atoms with Gasteiger partial charge in [0.2, 0.25) is 11.6 Å². The lowest BCUT2D eigenvalue weighted by molar-refractivity contribution is 0.381. The summed E-state index contributed by atoms with van der Waals surface area (Å²) in [4.78, 5) is 13.4. The molecule has 1 aliphatic rings. The van der Waals surface area contributed by atoms with Gasteiger partial charge in [0.25, 0.3) is 0 Å². The summed E-state index contributed by atoms with van der Waals surface area (Å²) in [5.74, 6) is -21.2. The zero-order chi connectivity index (χ0) is 41.6. The molecule has 9 rings (SSSR count). The Kier molecular flexibility index (Phi) is 8.68. The van der Waals surface area contributed by atoms with Gasteiger partial charge in [0, 0.05) is 49.7 Å². The van der Waals surface area contributed by atoms with Crippen molar-refractivity contribution in [2.24, 2.45) is 0 Å². The van der Waals surface area contributed by atoms with Crippen LogP contribution in [0, 0.1) is 58.2 Å². The molecule has 0 unspecified atom stereocenters. The van der Waals surface area contributed by atoms with Crippen molar-refractivity contribution >= 4 is 56.0 Å². The molecule has 5 heterocycles. The minimum atomic E-state index is -2.37. The molecule has 4 aromatic heterocycles. The zero-order valence-electron chi connectivity index (χ0n) is 30.0. The number of nitrogens with one attached hydrogen (secondary N) is 3. The van der Waals surface area contributed by atoms with E-state index in [4.69, 9.17) is 9.47 Å². The number of methoxy groups -OCH3 is 2. The van der Waals surface area contributed by atoms with Crippen LogP contribution in [0.3, 0.4) is 0 Å². The zero-order valence-corrected chi connectivity index (χ0v) is 30.0. The Morgan fingerprint density at radius 2 is 0.831 bits per heavy atom. The van der Waals surface area contributed by atoms with Gasteiger partial charge in [-0.05, 0) is 89.8 Å². The fraction of sp³-hybridized carbons (Fsp3) is 0.0465. The first-order valence-corrected chi connectivity index (χ1v) is 17.4. The predicted molar refractivity (Wildman–Crippen MR) is 202 cm³/mol. The van der Waals surface area contributed by atoms with E-state index in [1.807, 2.05) is 0 Å². The molecule has 1 aliphatic heterocycles. The van der Waals surface area contributed by atoms with E-state index in [1.54, 1.807) is 30.3 Å². The molecule has 0 amide bonds. The molecule has 8 aromatic rings. The number of rotatable bonds is 5. The van der Waals surface area contributed by atoms with Crippen molar-refractivity contribution < 1.29 is 53.4 Å². The second-order valence-corrected chi connectivity index (χ2v) is 13.3. The third-order valence-electron chi connectivity index (χ3n) is 10.2. The summed E-state index contributed by atoms with van der Waals surface area (Å²) in [5, 5.41) is 1.08. The van der Waals surface area contributed by atoms with Crippen LogP contribution < -0.4 is 9.47 Å². The first-order chi connectivity index (χ1) is 28.3. The normalized spacial score (nSPS) is 12.0. The third kappa shape index (κ3) is 5.61.